The van der Waals surface area contributed by atoms with Crippen molar-refractivity contribution in [3.8, 4) is 0 Å². The fourth-order valence-corrected chi connectivity index (χ4v) is 4.08. The number of nitrogens with zero attached hydrogens (tertiary/aromatic N) is 1. The summed E-state index contributed by atoms with van der Waals surface area (Å²) >= 11 is 4.53. The van der Waals surface area contributed by atoms with E-state index in [9.17, 15) is 14.4 Å². The Labute approximate surface area is 157 Å². The summed E-state index contributed by atoms with van der Waals surface area (Å²) in [5.74, 6) is -0.766. The molecule has 8 heteroatoms. The van der Waals surface area contributed by atoms with Gasteiger partial charge in [0.1, 0.15) is 0 Å². The van der Waals surface area contributed by atoms with Gasteiger partial charge in [-0.2, -0.15) is 0 Å². The Balaban J connectivity index is 1.78. The zero-order chi connectivity index (χ0) is 18.0. The Kier molecular flexibility index (Phi) is 5.01. The van der Waals surface area contributed by atoms with Gasteiger partial charge in [0, 0.05) is 12.1 Å². The first-order valence-corrected chi connectivity index (χ1v) is 9.43. The van der Waals surface area contributed by atoms with E-state index in [0.717, 1.165) is 9.35 Å². The highest BCUT2D eigenvalue weighted by Gasteiger charge is 2.42. The molecule has 130 valence electrons. The van der Waals surface area contributed by atoms with Gasteiger partial charge >= 0.3 is 0 Å². The number of benzene rings is 1. The maximum Gasteiger partial charge on any atom is 0.284 e. The number of hydrogen-bond acceptors (Lipinski definition) is 5. The van der Waals surface area contributed by atoms with E-state index in [4.69, 9.17) is 0 Å². The van der Waals surface area contributed by atoms with Gasteiger partial charge in [0.15, 0.2) is 5.01 Å². The minimum atomic E-state index is -0.698. The lowest BCUT2D eigenvalue weighted by Gasteiger charge is -2.35. The summed E-state index contributed by atoms with van der Waals surface area (Å²) < 4.78 is 0.788. The Hall–Kier alpha value is -2.06. The van der Waals surface area contributed by atoms with Gasteiger partial charge in [-0.15, -0.1) is 11.3 Å². The molecule has 3 rings (SSSR count). The molecule has 2 N–H and O–H groups in total. The zero-order valence-electron chi connectivity index (χ0n) is 13.5. The molecule has 2 heterocycles. The maximum absolute atomic E-state index is 12.4. The summed E-state index contributed by atoms with van der Waals surface area (Å²) in [6.45, 7) is 1.94. The van der Waals surface area contributed by atoms with Crippen LogP contribution in [-0.4, -0.2) is 22.7 Å². The number of aromatic nitrogens is 1. The van der Waals surface area contributed by atoms with Gasteiger partial charge in [-0.25, -0.2) is 4.98 Å². The predicted molar refractivity (Wildman–Crippen MR) is 98.6 cm³/mol. The van der Waals surface area contributed by atoms with Crippen molar-refractivity contribution in [3.63, 3.8) is 0 Å². The fourth-order valence-electron chi connectivity index (χ4n) is 2.98. The second-order valence-corrected chi connectivity index (χ2v) is 8.22. The van der Waals surface area contributed by atoms with Crippen molar-refractivity contribution in [2.45, 2.75) is 31.6 Å². The molecule has 0 radical (unpaired) electrons. The van der Waals surface area contributed by atoms with E-state index in [0.29, 0.717) is 30.0 Å². The Morgan fingerprint density at radius 2 is 2.08 bits per heavy atom. The lowest BCUT2D eigenvalue weighted by molar-refractivity contribution is -0.138. The van der Waals surface area contributed by atoms with Crippen LogP contribution >= 0.6 is 27.3 Å². The monoisotopic (exact) mass is 421 g/mol. The molecular weight excluding hydrogens is 406 g/mol. The summed E-state index contributed by atoms with van der Waals surface area (Å²) in [6.07, 6.45) is 3.01. The van der Waals surface area contributed by atoms with Crippen LogP contribution in [0.25, 0.3) is 0 Å². The van der Waals surface area contributed by atoms with E-state index in [2.05, 4.69) is 31.5 Å². The molecule has 1 aromatic heterocycles. The third-order valence-corrected chi connectivity index (χ3v) is 5.91. The second kappa shape index (κ2) is 7.05. The SMILES string of the molecule is CCC1(c2ccc(NC(=O)c3ncc(Br)s3)cc2)CCC(=O)NC1=O. The molecule has 2 aromatic rings. The van der Waals surface area contributed by atoms with Gasteiger partial charge in [-0.1, -0.05) is 19.1 Å². The molecule has 6 nitrogen and oxygen atoms in total. The van der Waals surface area contributed by atoms with E-state index < -0.39 is 5.41 Å². The van der Waals surface area contributed by atoms with Crippen LogP contribution in [0, 0.1) is 0 Å². The first kappa shape index (κ1) is 17.8. The van der Waals surface area contributed by atoms with E-state index >= 15 is 0 Å². The third kappa shape index (κ3) is 3.50. The molecule has 25 heavy (non-hydrogen) atoms. The van der Waals surface area contributed by atoms with E-state index in [1.807, 2.05) is 19.1 Å². The number of carbonyl (C=O) groups is 3. The Morgan fingerprint density at radius 1 is 1.36 bits per heavy atom. The lowest BCUT2D eigenvalue weighted by atomic mass is 9.72. The van der Waals surface area contributed by atoms with Crippen LogP contribution in [0.1, 0.15) is 41.6 Å². The average molecular weight is 422 g/mol. The summed E-state index contributed by atoms with van der Waals surface area (Å²) in [5.41, 5.74) is 0.769. The summed E-state index contributed by atoms with van der Waals surface area (Å²) in [7, 11) is 0. The van der Waals surface area contributed by atoms with Crippen LogP contribution in [0.2, 0.25) is 0 Å². The van der Waals surface area contributed by atoms with Gasteiger partial charge in [-0.05, 0) is 46.5 Å². The Bertz CT molecular complexity index is 834. The number of nitrogens with one attached hydrogen (secondary N) is 2. The average Bonchev–Trinajstić information content (AvgIpc) is 3.03. The number of thiazole rings is 1. The normalized spacial score (nSPS) is 20.2. The molecular formula is C17H16BrN3O3S. The van der Waals surface area contributed by atoms with Crippen molar-refractivity contribution < 1.29 is 14.4 Å². The Morgan fingerprint density at radius 3 is 2.64 bits per heavy atom. The quantitative estimate of drug-likeness (QED) is 0.741. The molecule has 1 saturated heterocycles. The van der Waals surface area contributed by atoms with Crippen LogP contribution in [0.4, 0.5) is 5.69 Å². The highest BCUT2D eigenvalue weighted by molar-refractivity contribution is 9.11. The molecule has 0 spiro atoms. The molecule has 1 fully saturated rings. The van der Waals surface area contributed by atoms with E-state index in [1.54, 1.807) is 18.3 Å². The number of piperidine rings is 1. The smallest absolute Gasteiger partial charge is 0.284 e. The molecule has 1 aliphatic rings. The van der Waals surface area contributed by atoms with Crippen molar-refractivity contribution in [2.75, 3.05) is 5.32 Å². The van der Waals surface area contributed by atoms with Crippen LogP contribution < -0.4 is 10.6 Å². The van der Waals surface area contributed by atoms with Crippen LogP contribution in [0.15, 0.2) is 34.2 Å². The minimum Gasteiger partial charge on any atom is -0.320 e. The molecule has 0 bridgehead atoms. The minimum absolute atomic E-state index is 0.229. The van der Waals surface area contributed by atoms with Crippen LogP contribution in [-0.2, 0) is 15.0 Å². The topological polar surface area (TPSA) is 88.2 Å². The van der Waals surface area contributed by atoms with Crippen molar-refractivity contribution in [1.29, 1.82) is 0 Å². The molecule has 0 aliphatic carbocycles. The van der Waals surface area contributed by atoms with Crippen molar-refractivity contribution in [3.05, 3.63) is 44.8 Å². The predicted octanol–water partition coefficient (Wildman–Crippen LogP) is 3.24. The van der Waals surface area contributed by atoms with Crippen LogP contribution in [0.3, 0.4) is 0 Å². The third-order valence-electron chi connectivity index (χ3n) is 4.44. The second-order valence-electron chi connectivity index (χ2n) is 5.81. The number of rotatable bonds is 4. The van der Waals surface area contributed by atoms with E-state index in [-0.39, 0.29) is 17.7 Å². The molecule has 3 amide bonds. The first-order valence-electron chi connectivity index (χ1n) is 7.82. The van der Waals surface area contributed by atoms with Gasteiger partial charge in [0.05, 0.1) is 15.4 Å². The fraction of sp³-hybridized carbons (Fsp3) is 0.294. The molecule has 1 unspecified atom stereocenters. The van der Waals surface area contributed by atoms with Gasteiger partial charge in [-0.3, -0.25) is 19.7 Å². The number of carbonyl (C=O) groups excluding carboxylic acids is 3. The highest BCUT2D eigenvalue weighted by atomic mass is 79.9. The number of hydrogen-bond donors (Lipinski definition) is 2. The number of anilines is 1. The standard InChI is InChI=1S/C17H16BrN3O3S/c1-2-17(8-7-13(22)21-16(17)24)10-3-5-11(6-4-10)20-14(23)15-19-9-12(18)25-15/h3-6,9H,2,7-8H2,1H3,(H,20,23)(H,21,22,24). The van der Waals surface area contributed by atoms with Crippen molar-refractivity contribution in [1.82, 2.24) is 10.3 Å². The first-order chi connectivity index (χ1) is 11.9. The summed E-state index contributed by atoms with van der Waals surface area (Å²) in [5, 5.41) is 5.58. The van der Waals surface area contributed by atoms with Crippen molar-refractivity contribution >= 4 is 50.7 Å². The van der Waals surface area contributed by atoms with E-state index in [1.165, 1.54) is 11.3 Å². The molecule has 1 aliphatic heterocycles. The number of imide groups is 1. The number of halogens is 1. The van der Waals surface area contributed by atoms with Crippen molar-refractivity contribution in [2.24, 2.45) is 0 Å². The lowest BCUT2D eigenvalue weighted by Crippen LogP contribution is -2.51. The molecule has 1 atom stereocenters. The van der Waals surface area contributed by atoms with Gasteiger partial charge in [0.25, 0.3) is 5.91 Å². The maximum atomic E-state index is 12.4. The van der Waals surface area contributed by atoms with Gasteiger partial charge < -0.3 is 5.32 Å². The summed E-state index contributed by atoms with van der Waals surface area (Å²) in [6, 6.07) is 7.17. The number of amides is 3. The largest absolute Gasteiger partial charge is 0.320 e. The zero-order valence-corrected chi connectivity index (χ0v) is 15.9. The highest BCUT2D eigenvalue weighted by Crippen LogP contribution is 2.36. The molecule has 0 saturated carbocycles. The summed E-state index contributed by atoms with van der Waals surface area (Å²) in [4.78, 5) is 40.0. The molecule has 1 aromatic carbocycles. The van der Waals surface area contributed by atoms with Gasteiger partial charge in [0.2, 0.25) is 11.8 Å². The van der Waals surface area contributed by atoms with Crippen LogP contribution in [0.5, 0.6) is 0 Å².